The maximum atomic E-state index is 12.9. The van der Waals surface area contributed by atoms with Crippen LogP contribution in [0, 0.1) is 17.7 Å². The average molecular weight is 342 g/mol. The standard InChI is InChI=1S/C16H17F3N2O3/c1-16(18,19)8-21-15(24)13(22)12-7-20-14(23)11(12)6-9-2-4-10(17)5-3-9/h2-5,11-12H,6-8H2,1H3,(H,20,23)(H,21,24)/t11-,12+/m1/s1. The van der Waals surface area contributed by atoms with Crippen molar-refractivity contribution in [3.63, 3.8) is 0 Å². The van der Waals surface area contributed by atoms with Crippen molar-refractivity contribution in [2.75, 3.05) is 13.1 Å². The molecule has 0 bridgehead atoms. The fraction of sp³-hybridized carbons (Fsp3) is 0.438. The molecule has 2 rings (SSSR count). The number of Topliss-reactive ketones (excluding diaryl/α,β-unsaturated/α-hetero) is 1. The number of benzene rings is 1. The Kier molecular flexibility index (Phi) is 5.26. The van der Waals surface area contributed by atoms with Gasteiger partial charge in [-0.2, -0.15) is 0 Å². The van der Waals surface area contributed by atoms with Crippen LogP contribution in [0.15, 0.2) is 24.3 Å². The maximum absolute atomic E-state index is 12.9. The van der Waals surface area contributed by atoms with Crippen LogP contribution in [0.4, 0.5) is 13.2 Å². The van der Waals surface area contributed by atoms with E-state index >= 15 is 0 Å². The largest absolute Gasteiger partial charge is 0.355 e. The highest BCUT2D eigenvalue weighted by atomic mass is 19.3. The van der Waals surface area contributed by atoms with Crippen LogP contribution >= 0.6 is 0 Å². The number of hydrogen-bond donors (Lipinski definition) is 2. The molecular formula is C16H17F3N2O3. The molecule has 1 aromatic carbocycles. The summed E-state index contributed by atoms with van der Waals surface area (Å²) < 4.78 is 38.4. The van der Waals surface area contributed by atoms with Gasteiger partial charge >= 0.3 is 0 Å². The number of carbonyl (C=O) groups is 3. The second kappa shape index (κ2) is 7.02. The molecule has 1 saturated heterocycles. The van der Waals surface area contributed by atoms with Crippen molar-refractivity contribution >= 4 is 17.6 Å². The van der Waals surface area contributed by atoms with Crippen LogP contribution in [0.25, 0.3) is 0 Å². The zero-order chi connectivity index (χ0) is 17.9. The molecule has 0 spiro atoms. The first-order valence-corrected chi connectivity index (χ1v) is 7.39. The Bertz CT molecular complexity index is 641. The summed E-state index contributed by atoms with van der Waals surface area (Å²) in [7, 11) is 0. The highest BCUT2D eigenvalue weighted by Crippen LogP contribution is 2.24. The minimum atomic E-state index is -3.13. The number of ketones is 1. The predicted octanol–water partition coefficient (Wildman–Crippen LogP) is 1.07. The third-order valence-corrected chi connectivity index (χ3v) is 3.81. The lowest BCUT2D eigenvalue weighted by molar-refractivity contribution is -0.142. The molecule has 0 aliphatic carbocycles. The fourth-order valence-corrected chi connectivity index (χ4v) is 2.54. The van der Waals surface area contributed by atoms with E-state index in [1.165, 1.54) is 24.3 Å². The molecule has 0 saturated carbocycles. The van der Waals surface area contributed by atoms with Crippen LogP contribution in [0.3, 0.4) is 0 Å². The van der Waals surface area contributed by atoms with Crippen molar-refractivity contribution in [2.24, 2.45) is 11.8 Å². The van der Waals surface area contributed by atoms with Crippen LogP contribution in [-0.4, -0.2) is 36.6 Å². The first kappa shape index (κ1) is 18.0. The Labute approximate surface area is 136 Å². The van der Waals surface area contributed by atoms with Gasteiger partial charge in [-0.05, 0) is 24.1 Å². The third kappa shape index (κ3) is 4.56. The molecule has 1 aromatic rings. The number of rotatable bonds is 6. The van der Waals surface area contributed by atoms with E-state index in [4.69, 9.17) is 0 Å². The van der Waals surface area contributed by atoms with Gasteiger partial charge in [-0.25, -0.2) is 13.2 Å². The monoisotopic (exact) mass is 342 g/mol. The van der Waals surface area contributed by atoms with Gasteiger partial charge in [0, 0.05) is 13.5 Å². The molecule has 1 aliphatic heterocycles. The molecule has 0 unspecified atom stereocenters. The summed E-state index contributed by atoms with van der Waals surface area (Å²) in [6.45, 7) is -0.358. The van der Waals surface area contributed by atoms with Gasteiger partial charge in [0.25, 0.3) is 11.8 Å². The van der Waals surface area contributed by atoms with Gasteiger partial charge in [0.05, 0.1) is 18.4 Å². The molecular weight excluding hydrogens is 325 g/mol. The van der Waals surface area contributed by atoms with Gasteiger partial charge < -0.3 is 10.6 Å². The second-order valence-corrected chi connectivity index (χ2v) is 5.91. The van der Waals surface area contributed by atoms with Crippen molar-refractivity contribution in [3.05, 3.63) is 35.6 Å². The van der Waals surface area contributed by atoms with Gasteiger partial charge in [-0.15, -0.1) is 0 Å². The number of carbonyl (C=O) groups excluding carboxylic acids is 3. The SMILES string of the molecule is CC(F)(F)CNC(=O)C(=O)[C@H]1CNC(=O)[C@@H]1Cc1ccc(F)cc1. The molecule has 2 atom stereocenters. The Morgan fingerprint density at radius 3 is 2.50 bits per heavy atom. The maximum Gasteiger partial charge on any atom is 0.287 e. The molecule has 2 N–H and O–H groups in total. The lowest BCUT2D eigenvalue weighted by Crippen LogP contribution is -2.42. The van der Waals surface area contributed by atoms with E-state index in [0.717, 1.165) is 0 Å². The van der Waals surface area contributed by atoms with Crippen molar-refractivity contribution in [1.29, 1.82) is 0 Å². The Morgan fingerprint density at radius 1 is 1.29 bits per heavy atom. The lowest BCUT2D eigenvalue weighted by atomic mass is 9.86. The summed E-state index contributed by atoms with van der Waals surface area (Å²) >= 11 is 0. The molecule has 5 nitrogen and oxygen atoms in total. The smallest absolute Gasteiger partial charge is 0.287 e. The van der Waals surface area contributed by atoms with Crippen molar-refractivity contribution < 1.29 is 27.6 Å². The lowest BCUT2D eigenvalue weighted by Gasteiger charge is -2.16. The normalized spacial score (nSPS) is 20.6. The van der Waals surface area contributed by atoms with Crippen LogP contribution in [0.5, 0.6) is 0 Å². The summed E-state index contributed by atoms with van der Waals surface area (Å²) in [5, 5.41) is 4.38. The van der Waals surface area contributed by atoms with Crippen molar-refractivity contribution in [3.8, 4) is 0 Å². The number of alkyl halides is 2. The molecule has 0 radical (unpaired) electrons. The zero-order valence-corrected chi connectivity index (χ0v) is 12.9. The second-order valence-electron chi connectivity index (χ2n) is 5.91. The molecule has 2 amide bonds. The highest BCUT2D eigenvalue weighted by Gasteiger charge is 2.41. The van der Waals surface area contributed by atoms with E-state index in [9.17, 15) is 27.6 Å². The number of amides is 2. The summed E-state index contributed by atoms with van der Waals surface area (Å²) in [4.78, 5) is 35.8. The van der Waals surface area contributed by atoms with E-state index in [0.29, 0.717) is 12.5 Å². The number of halogens is 3. The topological polar surface area (TPSA) is 75.3 Å². The van der Waals surface area contributed by atoms with Crippen molar-refractivity contribution in [1.82, 2.24) is 10.6 Å². The highest BCUT2D eigenvalue weighted by molar-refractivity contribution is 6.37. The predicted molar refractivity (Wildman–Crippen MR) is 78.7 cm³/mol. The summed E-state index contributed by atoms with van der Waals surface area (Å²) in [5.41, 5.74) is 0.636. The van der Waals surface area contributed by atoms with E-state index in [1.54, 1.807) is 0 Å². The number of hydrogen-bond acceptors (Lipinski definition) is 3. The molecule has 1 heterocycles. The third-order valence-electron chi connectivity index (χ3n) is 3.81. The van der Waals surface area contributed by atoms with E-state index in [2.05, 4.69) is 5.32 Å². The summed E-state index contributed by atoms with van der Waals surface area (Å²) in [6.07, 6.45) is 0.153. The Morgan fingerprint density at radius 2 is 1.92 bits per heavy atom. The Hall–Kier alpha value is -2.38. The minimum absolute atomic E-state index is 0.0283. The Balaban J connectivity index is 2.04. The summed E-state index contributed by atoms with van der Waals surface area (Å²) in [6, 6.07) is 5.43. The first-order chi connectivity index (χ1) is 11.2. The van der Waals surface area contributed by atoms with Crippen LogP contribution in [0.2, 0.25) is 0 Å². The van der Waals surface area contributed by atoms with Gasteiger partial charge in [0.2, 0.25) is 11.7 Å². The molecule has 0 aromatic heterocycles. The van der Waals surface area contributed by atoms with E-state index in [1.807, 2.05) is 5.32 Å². The quantitative estimate of drug-likeness (QED) is 0.760. The fourth-order valence-electron chi connectivity index (χ4n) is 2.54. The zero-order valence-electron chi connectivity index (χ0n) is 12.9. The summed E-state index contributed by atoms with van der Waals surface area (Å²) in [5.74, 6) is -7.74. The van der Waals surface area contributed by atoms with E-state index < -0.39 is 47.7 Å². The molecule has 130 valence electrons. The van der Waals surface area contributed by atoms with Gasteiger partial charge in [0.1, 0.15) is 5.82 Å². The van der Waals surface area contributed by atoms with Crippen LogP contribution in [-0.2, 0) is 20.8 Å². The molecule has 8 heteroatoms. The first-order valence-electron chi connectivity index (χ1n) is 7.39. The minimum Gasteiger partial charge on any atom is -0.355 e. The molecule has 24 heavy (non-hydrogen) atoms. The average Bonchev–Trinajstić information content (AvgIpc) is 2.87. The van der Waals surface area contributed by atoms with Gasteiger partial charge in [-0.3, -0.25) is 14.4 Å². The number of nitrogens with one attached hydrogen (secondary N) is 2. The van der Waals surface area contributed by atoms with Crippen molar-refractivity contribution in [2.45, 2.75) is 19.3 Å². The van der Waals surface area contributed by atoms with Gasteiger partial charge in [-0.1, -0.05) is 12.1 Å². The van der Waals surface area contributed by atoms with Crippen LogP contribution in [0.1, 0.15) is 12.5 Å². The molecule has 1 fully saturated rings. The van der Waals surface area contributed by atoms with Crippen LogP contribution < -0.4 is 10.6 Å². The van der Waals surface area contributed by atoms with Gasteiger partial charge in [0.15, 0.2) is 0 Å². The van der Waals surface area contributed by atoms with E-state index in [-0.39, 0.29) is 13.0 Å². The molecule has 1 aliphatic rings.